The summed E-state index contributed by atoms with van der Waals surface area (Å²) in [4.78, 5) is 35.7. The highest BCUT2D eigenvalue weighted by Gasteiger charge is 2.48. The second kappa shape index (κ2) is 25.5. The average Bonchev–Trinajstić information content (AvgIpc) is 3.39. The summed E-state index contributed by atoms with van der Waals surface area (Å²) in [5.74, 6) is -0.749. The number of thioether (sulfide) groups is 1. The number of sulfone groups is 1. The lowest BCUT2D eigenvalue weighted by Crippen LogP contribution is -2.52. The van der Waals surface area contributed by atoms with Gasteiger partial charge >= 0.3 is 11.6 Å². The van der Waals surface area contributed by atoms with Crippen molar-refractivity contribution in [1.29, 1.82) is 0 Å². The Morgan fingerprint density at radius 2 is 1.51 bits per heavy atom. The van der Waals surface area contributed by atoms with Crippen LogP contribution in [-0.4, -0.2) is 169 Å². The van der Waals surface area contributed by atoms with Gasteiger partial charge in [0.2, 0.25) is 0 Å². The minimum Gasteiger partial charge on any atom is -0.444 e. The Labute approximate surface area is 461 Å². The molecule has 2 fully saturated rings. The molecule has 0 aromatic heterocycles. The van der Waals surface area contributed by atoms with Crippen molar-refractivity contribution in [3.05, 3.63) is 119 Å². The number of benzene rings is 4. The minimum absolute atomic E-state index is 0.0268. The van der Waals surface area contributed by atoms with E-state index in [0.29, 0.717) is 62.5 Å². The average molecular weight is 1150 g/mol. The maximum absolute atomic E-state index is 14.2. The van der Waals surface area contributed by atoms with Gasteiger partial charge in [-0.3, -0.25) is 14.6 Å². The molecule has 7 rings (SSSR count). The number of carbonyl (C=O) groups is 2. The van der Waals surface area contributed by atoms with Crippen molar-refractivity contribution >= 4 is 72.2 Å². The maximum Gasteiger partial charge on any atom is 0.501 e. The van der Waals surface area contributed by atoms with E-state index in [1.54, 1.807) is 24.1 Å². The molecule has 0 radical (unpaired) electrons. The summed E-state index contributed by atoms with van der Waals surface area (Å²) in [5, 5.41) is 13.0. The van der Waals surface area contributed by atoms with Gasteiger partial charge in [0, 0.05) is 105 Å². The number of aliphatic hydroxyl groups is 1. The number of sulfonamides is 1. The molecule has 3 aliphatic rings. The van der Waals surface area contributed by atoms with Crippen LogP contribution in [0.15, 0.2) is 117 Å². The molecular formula is C55H71ClF3N7O8S3. The number of nitrogens with one attached hydrogen (secondary N) is 2. The summed E-state index contributed by atoms with van der Waals surface area (Å²) >= 11 is 7.71. The number of ether oxygens (including phenoxy) is 1. The first-order valence-electron chi connectivity index (χ1n) is 25.8. The van der Waals surface area contributed by atoms with E-state index in [4.69, 9.17) is 16.3 Å². The lowest BCUT2D eigenvalue weighted by Gasteiger charge is -2.44. The van der Waals surface area contributed by atoms with Crippen molar-refractivity contribution in [3.8, 4) is 0 Å². The number of anilines is 2. The third-order valence-electron chi connectivity index (χ3n) is 14.1. The normalized spacial score (nSPS) is 18.8. The molecule has 15 nitrogen and oxygen atoms in total. The van der Waals surface area contributed by atoms with Crippen molar-refractivity contribution in [2.75, 3.05) is 108 Å². The van der Waals surface area contributed by atoms with Crippen molar-refractivity contribution in [1.82, 2.24) is 24.3 Å². The Morgan fingerprint density at radius 1 is 0.857 bits per heavy atom. The van der Waals surface area contributed by atoms with Crippen LogP contribution in [0.4, 0.5) is 29.3 Å². The fourth-order valence-electron chi connectivity index (χ4n) is 9.98. The van der Waals surface area contributed by atoms with Gasteiger partial charge in [0.15, 0.2) is 0 Å². The van der Waals surface area contributed by atoms with Gasteiger partial charge in [-0.15, -0.1) is 11.8 Å². The number of halogens is 4. The first kappa shape index (κ1) is 59.8. The molecule has 4 aromatic rings. The van der Waals surface area contributed by atoms with Crippen molar-refractivity contribution in [2.24, 2.45) is 5.41 Å². The van der Waals surface area contributed by atoms with Crippen LogP contribution < -0.4 is 14.9 Å². The molecule has 0 spiro atoms. The Kier molecular flexibility index (Phi) is 19.8. The maximum atomic E-state index is 14.2. The predicted molar refractivity (Wildman–Crippen MR) is 298 cm³/mol. The van der Waals surface area contributed by atoms with E-state index in [2.05, 4.69) is 39.1 Å². The molecule has 0 unspecified atom stereocenters. The van der Waals surface area contributed by atoms with Gasteiger partial charge in [-0.1, -0.05) is 54.4 Å². The quantitative estimate of drug-likeness (QED) is 0.0717. The molecule has 0 saturated carbocycles. The number of amides is 2. The minimum atomic E-state index is -6.10. The molecule has 22 heteroatoms. The van der Waals surface area contributed by atoms with Crippen LogP contribution in [0, 0.1) is 5.41 Å². The summed E-state index contributed by atoms with van der Waals surface area (Å²) in [6, 6.07) is 25.4. The van der Waals surface area contributed by atoms with Gasteiger partial charge in [-0.2, -0.15) is 13.2 Å². The number of carbonyl (C=O) groups excluding carboxylic acids is 2. The van der Waals surface area contributed by atoms with Crippen molar-refractivity contribution in [3.63, 3.8) is 0 Å². The van der Waals surface area contributed by atoms with Gasteiger partial charge in [-0.25, -0.2) is 26.4 Å². The van der Waals surface area contributed by atoms with Gasteiger partial charge in [0.25, 0.3) is 25.8 Å². The van der Waals surface area contributed by atoms with Crippen LogP contribution in [0.1, 0.15) is 69.3 Å². The Hall–Kier alpha value is -4.87. The van der Waals surface area contributed by atoms with E-state index in [1.165, 1.54) is 40.6 Å². The Bertz CT molecular complexity index is 2920. The van der Waals surface area contributed by atoms with Gasteiger partial charge in [0.05, 0.1) is 17.2 Å². The topological polar surface area (TPSA) is 172 Å². The third-order valence-corrected chi connectivity index (χ3v) is 18.4. The highest BCUT2D eigenvalue weighted by Crippen LogP contribution is 2.44. The largest absolute Gasteiger partial charge is 0.501 e. The highest BCUT2D eigenvalue weighted by molar-refractivity contribution is 7.99. The van der Waals surface area contributed by atoms with E-state index in [-0.39, 0.29) is 23.7 Å². The Balaban J connectivity index is 0.989. The molecule has 420 valence electrons. The van der Waals surface area contributed by atoms with Crippen LogP contribution in [0.3, 0.4) is 0 Å². The van der Waals surface area contributed by atoms with Crippen LogP contribution in [0.25, 0.3) is 5.57 Å². The highest BCUT2D eigenvalue weighted by atomic mass is 35.5. The van der Waals surface area contributed by atoms with Crippen LogP contribution in [0.2, 0.25) is 5.02 Å². The number of hydrogen-bond donors (Lipinski definition) is 3. The van der Waals surface area contributed by atoms with Crippen LogP contribution in [-0.2, 0) is 24.6 Å². The molecule has 1 aliphatic carbocycles. The van der Waals surface area contributed by atoms with E-state index < -0.39 is 58.4 Å². The molecule has 4 aromatic carbocycles. The molecule has 2 heterocycles. The summed E-state index contributed by atoms with van der Waals surface area (Å²) in [6.07, 6.45) is 2.94. The third kappa shape index (κ3) is 16.4. The van der Waals surface area contributed by atoms with Crippen LogP contribution >= 0.6 is 23.4 Å². The number of piperazine rings is 2. The van der Waals surface area contributed by atoms with Gasteiger partial charge in [-0.05, 0) is 143 Å². The number of alkyl halides is 3. The number of rotatable bonds is 20. The van der Waals surface area contributed by atoms with E-state index in [9.17, 15) is 44.7 Å². The number of likely N-dealkylation sites (N-methyl/N-ethyl adjacent to an activating group) is 1. The standard InChI is InChI=1S/C55H71ClF3N7O8S3/c1-53(2,3)74-52(69)66-31-27-64(28-32-66)39-54(4)23-21-48(40-11-15-43(56)16-12-40)42(36-54)37-63-25-29-65(30-26-63)45-17-13-41(14-18-45)51(68)61-77(72,73)47-19-20-49(50(35-47)76(70,71)55(57,58)59)60-44(22-24-62(5)33-34-67)38-75-46-9-7-6-8-10-46/h6-20,35,44,60,67H,21-34,36-39H2,1-5H3,(H,61,68)/t44-,54-/m1/s1. The number of allylic oxidation sites excluding steroid dienone is 1. The zero-order valence-electron chi connectivity index (χ0n) is 44.3. The van der Waals surface area contributed by atoms with Crippen molar-refractivity contribution in [2.45, 2.75) is 85.2 Å². The zero-order chi connectivity index (χ0) is 55.8. The molecular weight excluding hydrogens is 1080 g/mol. The summed E-state index contributed by atoms with van der Waals surface area (Å²) < 4.78 is 104. The second-order valence-electron chi connectivity index (χ2n) is 21.5. The van der Waals surface area contributed by atoms with Crippen LogP contribution in [0.5, 0.6) is 0 Å². The fourth-order valence-corrected chi connectivity index (χ4v) is 13.1. The first-order valence-corrected chi connectivity index (χ1v) is 30.2. The van der Waals surface area contributed by atoms with Gasteiger partial charge < -0.3 is 29.9 Å². The SMILES string of the molecule is CN(CCO)CC[C@H](CSc1ccccc1)Nc1ccc(S(=O)(=O)NC(=O)c2ccc(N3CCN(CC4=C(c5ccc(Cl)cc5)CC[C@@](C)(CN5CCN(C(=O)OC(C)(C)C)CC5)C4)CC3)cc2)cc1S(=O)(=O)C(F)(F)F. The first-order chi connectivity index (χ1) is 36.3. The van der Waals surface area contributed by atoms with E-state index >= 15 is 0 Å². The molecule has 2 amide bonds. The predicted octanol–water partition coefficient (Wildman–Crippen LogP) is 8.96. The van der Waals surface area contributed by atoms with Gasteiger partial charge in [0.1, 0.15) is 10.5 Å². The summed E-state index contributed by atoms with van der Waals surface area (Å²) in [7, 11) is -9.23. The number of aliphatic hydroxyl groups excluding tert-OH is 1. The van der Waals surface area contributed by atoms with Crippen molar-refractivity contribution < 1.29 is 49.4 Å². The molecule has 0 bridgehead atoms. The number of hydrogen-bond acceptors (Lipinski definition) is 14. The molecule has 77 heavy (non-hydrogen) atoms. The van der Waals surface area contributed by atoms with E-state index in [0.717, 1.165) is 81.2 Å². The smallest absolute Gasteiger partial charge is 0.444 e. The molecule has 2 atom stereocenters. The molecule has 2 saturated heterocycles. The monoisotopic (exact) mass is 1150 g/mol. The summed E-state index contributed by atoms with van der Waals surface area (Å²) in [6.45, 7) is 16.0. The van der Waals surface area contributed by atoms with E-state index in [1.807, 2.05) is 72.9 Å². The molecule has 2 aliphatic heterocycles. The molecule has 3 N–H and O–H groups in total. The number of nitrogens with zero attached hydrogens (tertiary/aromatic N) is 5. The lowest BCUT2D eigenvalue weighted by molar-refractivity contribution is -0.0436. The lowest BCUT2D eigenvalue weighted by atomic mass is 9.71. The fraction of sp³-hybridized carbons (Fsp3) is 0.491. The summed E-state index contributed by atoms with van der Waals surface area (Å²) in [5.41, 5.74) is -2.05. The Morgan fingerprint density at radius 3 is 2.13 bits per heavy atom. The zero-order valence-corrected chi connectivity index (χ0v) is 47.5. The second-order valence-corrected chi connectivity index (χ2v) is 26.6.